The van der Waals surface area contributed by atoms with Gasteiger partial charge in [0.05, 0.1) is 20.1 Å². The number of β-lactam (4-membered cyclic amide) rings is 1. The van der Waals surface area contributed by atoms with E-state index < -0.39 is 17.4 Å². The predicted molar refractivity (Wildman–Crippen MR) is 113 cm³/mol. The second-order valence-electron chi connectivity index (χ2n) is 6.76. The highest BCUT2D eigenvalue weighted by atomic mass is 16.5. The minimum Gasteiger partial charge on any atom is -0.497 e. The largest absolute Gasteiger partial charge is 0.497 e. The molecule has 1 fully saturated rings. The van der Waals surface area contributed by atoms with E-state index in [9.17, 15) is 14.4 Å². The van der Waals surface area contributed by atoms with Crippen molar-refractivity contribution in [3.8, 4) is 5.75 Å². The van der Waals surface area contributed by atoms with E-state index >= 15 is 0 Å². The third-order valence-corrected chi connectivity index (χ3v) is 4.84. The summed E-state index contributed by atoms with van der Waals surface area (Å²) in [6.07, 6.45) is 3.50. The van der Waals surface area contributed by atoms with E-state index in [4.69, 9.17) is 9.47 Å². The van der Waals surface area contributed by atoms with Gasteiger partial charge in [-0.05, 0) is 42.8 Å². The summed E-state index contributed by atoms with van der Waals surface area (Å²) < 4.78 is 10.0. The molecular formula is C23H24N2O5. The Hall–Kier alpha value is -3.61. The molecule has 0 bridgehead atoms. The molecule has 2 aromatic rings. The molecule has 0 aromatic heterocycles. The van der Waals surface area contributed by atoms with Gasteiger partial charge >= 0.3 is 5.97 Å². The first kappa shape index (κ1) is 21.1. The highest BCUT2D eigenvalue weighted by Crippen LogP contribution is 2.39. The Morgan fingerprint density at radius 1 is 1.13 bits per heavy atom. The van der Waals surface area contributed by atoms with Gasteiger partial charge in [-0.25, -0.2) is 0 Å². The number of ether oxygens (including phenoxy) is 2. The zero-order valence-electron chi connectivity index (χ0n) is 17.0. The second kappa shape index (κ2) is 9.26. The summed E-state index contributed by atoms with van der Waals surface area (Å²) in [7, 11) is 1.56. The lowest BCUT2D eigenvalue weighted by Crippen LogP contribution is -2.70. The maximum atomic E-state index is 13.1. The highest BCUT2D eigenvalue weighted by Gasteiger charge is 2.55. The summed E-state index contributed by atoms with van der Waals surface area (Å²) in [6.45, 7) is 1.66. The fourth-order valence-corrected chi connectivity index (χ4v) is 3.33. The molecule has 0 aliphatic carbocycles. The van der Waals surface area contributed by atoms with Crippen molar-refractivity contribution in [2.24, 2.45) is 0 Å². The van der Waals surface area contributed by atoms with E-state index in [0.29, 0.717) is 11.4 Å². The minimum absolute atomic E-state index is 0.00295. The molecule has 0 radical (unpaired) electrons. The molecule has 1 aliphatic rings. The second-order valence-corrected chi connectivity index (χ2v) is 6.76. The van der Waals surface area contributed by atoms with Gasteiger partial charge in [-0.1, -0.05) is 36.4 Å². The fourth-order valence-electron chi connectivity index (χ4n) is 3.33. The number of amides is 2. The van der Waals surface area contributed by atoms with Gasteiger partial charge in [0.15, 0.2) is 5.54 Å². The van der Waals surface area contributed by atoms with Gasteiger partial charge < -0.3 is 14.8 Å². The number of methoxy groups -OCH3 is 1. The van der Waals surface area contributed by atoms with E-state index in [-0.39, 0.29) is 25.5 Å². The molecule has 3 rings (SSSR count). The van der Waals surface area contributed by atoms with Gasteiger partial charge in [0.1, 0.15) is 12.3 Å². The number of anilines is 1. The van der Waals surface area contributed by atoms with Crippen molar-refractivity contribution >= 4 is 29.5 Å². The SMILES string of the molecule is CCOC(=O)CNC(=O)[C@]1(/C=C/c2ccccc2)CC(=O)N1c1ccc(OC)cc1. The average molecular weight is 408 g/mol. The number of esters is 1. The highest BCUT2D eigenvalue weighted by molar-refractivity contribution is 6.15. The fraction of sp³-hybridized carbons (Fsp3) is 0.261. The monoisotopic (exact) mass is 408 g/mol. The molecular weight excluding hydrogens is 384 g/mol. The summed E-state index contributed by atoms with van der Waals surface area (Å²) in [5, 5.41) is 2.61. The third kappa shape index (κ3) is 4.35. The summed E-state index contributed by atoms with van der Waals surface area (Å²) in [5.74, 6) is -0.527. The lowest BCUT2D eigenvalue weighted by Gasteiger charge is -2.48. The normalized spacial score (nSPS) is 18.1. The molecule has 0 unspecified atom stereocenters. The van der Waals surface area contributed by atoms with E-state index in [1.54, 1.807) is 50.5 Å². The smallest absolute Gasteiger partial charge is 0.325 e. The van der Waals surface area contributed by atoms with Crippen LogP contribution in [0.3, 0.4) is 0 Å². The molecule has 1 atom stereocenters. The van der Waals surface area contributed by atoms with Crippen LogP contribution >= 0.6 is 0 Å². The Bertz CT molecular complexity index is 940. The van der Waals surface area contributed by atoms with E-state index in [1.807, 2.05) is 30.3 Å². The quantitative estimate of drug-likeness (QED) is 0.536. The van der Waals surface area contributed by atoms with E-state index in [0.717, 1.165) is 5.56 Å². The molecule has 30 heavy (non-hydrogen) atoms. The number of benzene rings is 2. The molecule has 1 saturated heterocycles. The Kier molecular flexibility index (Phi) is 6.51. The van der Waals surface area contributed by atoms with Crippen LogP contribution in [-0.4, -0.2) is 43.6 Å². The van der Waals surface area contributed by atoms with Crippen LogP contribution in [0.5, 0.6) is 5.75 Å². The predicted octanol–water partition coefficient (Wildman–Crippen LogP) is 2.56. The summed E-state index contributed by atoms with van der Waals surface area (Å²) in [6, 6.07) is 16.4. The number of hydrogen-bond acceptors (Lipinski definition) is 5. The summed E-state index contributed by atoms with van der Waals surface area (Å²) in [4.78, 5) is 38.8. The number of nitrogens with one attached hydrogen (secondary N) is 1. The van der Waals surface area contributed by atoms with Crippen LogP contribution in [0.25, 0.3) is 6.08 Å². The van der Waals surface area contributed by atoms with Gasteiger partial charge in [0, 0.05) is 5.69 Å². The topological polar surface area (TPSA) is 84.9 Å². The van der Waals surface area contributed by atoms with Gasteiger partial charge in [0.2, 0.25) is 5.91 Å². The van der Waals surface area contributed by atoms with Crippen LogP contribution in [0, 0.1) is 0 Å². The van der Waals surface area contributed by atoms with Gasteiger partial charge in [-0.15, -0.1) is 0 Å². The summed E-state index contributed by atoms with van der Waals surface area (Å²) >= 11 is 0. The maximum Gasteiger partial charge on any atom is 0.325 e. The number of nitrogens with zero attached hydrogens (tertiary/aromatic N) is 1. The number of hydrogen-bond donors (Lipinski definition) is 1. The van der Waals surface area contributed by atoms with Crippen LogP contribution in [0.2, 0.25) is 0 Å². The van der Waals surface area contributed by atoms with Crippen molar-refractivity contribution in [2.75, 3.05) is 25.2 Å². The Morgan fingerprint density at radius 2 is 1.83 bits per heavy atom. The molecule has 7 heteroatoms. The molecule has 0 saturated carbocycles. The lowest BCUT2D eigenvalue weighted by atomic mass is 9.81. The Balaban J connectivity index is 1.92. The number of carbonyl (C=O) groups is 3. The molecule has 1 N–H and O–H groups in total. The van der Waals surface area contributed by atoms with Crippen molar-refractivity contribution in [3.63, 3.8) is 0 Å². The van der Waals surface area contributed by atoms with E-state index in [1.165, 1.54) is 4.90 Å². The van der Waals surface area contributed by atoms with Gasteiger partial charge in [-0.3, -0.25) is 19.3 Å². The zero-order valence-corrected chi connectivity index (χ0v) is 17.0. The Morgan fingerprint density at radius 3 is 2.43 bits per heavy atom. The molecule has 0 spiro atoms. The van der Waals surface area contributed by atoms with E-state index in [2.05, 4.69) is 5.32 Å². The molecule has 1 heterocycles. The zero-order chi connectivity index (χ0) is 21.6. The first-order valence-electron chi connectivity index (χ1n) is 9.65. The first-order chi connectivity index (χ1) is 14.5. The van der Waals surface area contributed by atoms with Crippen molar-refractivity contribution < 1.29 is 23.9 Å². The number of rotatable bonds is 8. The lowest BCUT2D eigenvalue weighted by molar-refractivity contribution is -0.144. The molecule has 2 amide bonds. The van der Waals surface area contributed by atoms with Crippen LogP contribution in [0.1, 0.15) is 18.9 Å². The standard InChI is InChI=1S/C23H24N2O5/c1-3-30-21(27)16-24-22(28)23(14-13-17-7-5-4-6-8-17)15-20(26)25(23)18-9-11-19(29-2)12-10-18/h4-14H,3,15-16H2,1-2H3,(H,24,28)/b14-13+/t23-/m0/s1. The maximum absolute atomic E-state index is 13.1. The molecule has 156 valence electrons. The van der Waals surface area contributed by atoms with Crippen LogP contribution in [-0.2, 0) is 19.1 Å². The number of carbonyl (C=O) groups excluding carboxylic acids is 3. The Labute approximate surface area is 175 Å². The van der Waals surface area contributed by atoms with Crippen LogP contribution < -0.4 is 15.0 Å². The van der Waals surface area contributed by atoms with Gasteiger partial charge in [-0.2, -0.15) is 0 Å². The minimum atomic E-state index is -1.24. The van der Waals surface area contributed by atoms with Crippen LogP contribution in [0.4, 0.5) is 5.69 Å². The third-order valence-electron chi connectivity index (χ3n) is 4.84. The summed E-state index contributed by atoms with van der Waals surface area (Å²) in [5.41, 5.74) is 0.216. The van der Waals surface area contributed by atoms with Gasteiger partial charge in [0.25, 0.3) is 5.91 Å². The van der Waals surface area contributed by atoms with Crippen LogP contribution in [0.15, 0.2) is 60.7 Å². The average Bonchev–Trinajstić information content (AvgIpc) is 2.76. The molecule has 1 aliphatic heterocycles. The van der Waals surface area contributed by atoms with Crippen molar-refractivity contribution in [3.05, 3.63) is 66.2 Å². The first-order valence-corrected chi connectivity index (χ1v) is 9.65. The molecule has 7 nitrogen and oxygen atoms in total. The molecule has 2 aromatic carbocycles. The van der Waals surface area contributed by atoms with Crippen molar-refractivity contribution in [1.29, 1.82) is 0 Å². The van der Waals surface area contributed by atoms with Crippen molar-refractivity contribution in [1.82, 2.24) is 5.32 Å². The van der Waals surface area contributed by atoms with Crippen molar-refractivity contribution in [2.45, 2.75) is 18.9 Å².